The molecule has 0 amide bonds. The van der Waals surface area contributed by atoms with Crippen LogP contribution in [0.3, 0.4) is 0 Å². The summed E-state index contributed by atoms with van der Waals surface area (Å²) in [6.45, 7) is 2.25. The van der Waals surface area contributed by atoms with Gasteiger partial charge in [-0.05, 0) is 42.4 Å². The van der Waals surface area contributed by atoms with E-state index in [1.165, 1.54) is 95.3 Å². The van der Waals surface area contributed by atoms with E-state index in [1.54, 1.807) is 6.07 Å². The lowest BCUT2D eigenvalue weighted by molar-refractivity contribution is 0.0729. The lowest BCUT2D eigenvalue weighted by Crippen LogP contribution is -2.15. The molecule has 3 rings (SSSR count). The Morgan fingerprint density at radius 3 is 2.05 bits per heavy atom. The Morgan fingerprint density at radius 2 is 1.46 bits per heavy atom. The molecule has 0 atom stereocenters. The van der Waals surface area contributed by atoms with Gasteiger partial charge in [-0.25, -0.2) is 18.0 Å². The summed E-state index contributed by atoms with van der Waals surface area (Å²) in [4.78, 5) is 12.3. The number of hydrogen-bond acceptors (Lipinski definition) is 3. The predicted molar refractivity (Wildman–Crippen MR) is 139 cm³/mol. The molecule has 0 aliphatic heterocycles. The van der Waals surface area contributed by atoms with Crippen LogP contribution in [0.5, 0.6) is 5.75 Å². The van der Waals surface area contributed by atoms with Gasteiger partial charge in [0.1, 0.15) is 34.8 Å². The fourth-order valence-electron chi connectivity index (χ4n) is 5.33. The number of unbranched alkanes of at least 4 members (excludes halogenated alkanes) is 6. The van der Waals surface area contributed by atoms with E-state index < -0.39 is 34.7 Å². The van der Waals surface area contributed by atoms with Crippen molar-refractivity contribution in [2.45, 2.75) is 96.8 Å². The van der Waals surface area contributed by atoms with Gasteiger partial charge in [-0.1, -0.05) is 90.0 Å². The highest BCUT2D eigenvalue weighted by Crippen LogP contribution is 2.34. The van der Waals surface area contributed by atoms with Gasteiger partial charge < -0.3 is 4.74 Å². The van der Waals surface area contributed by atoms with Gasteiger partial charge in [-0.15, -0.1) is 0 Å². The molecule has 37 heavy (non-hydrogen) atoms. The van der Waals surface area contributed by atoms with Crippen LogP contribution in [0.25, 0.3) is 0 Å². The topological polar surface area (TPSA) is 50.1 Å². The molecule has 0 aromatic heterocycles. The minimum atomic E-state index is -1.15. The highest BCUT2D eigenvalue weighted by Gasteiger charge is 2.22. The summed E-state index contributed by atoms with van der Waals surface area (Å²) >= 11 is 0. The summed E-state index contributed by atoms with van der Waals surface area (Å²) in [6, 6.07) is 7.24. The number of benzene rings is 2. The van der Waals surface area contributed by atoms with Gasteiger partial charge in [0.15, 0.2) is 0 Å². The van der Waals surface area contributed by atoms with Crippen LogP contribution in [0.4, 0.5) is 13.2 Å². The van der Waals surface area contributed by atoms with E-state index in [9.17, 15) is 18.0 Å². The molecule has 0 N–H and O–H groups in total. The van der Waals surface area contributed by atoms with Crippen molar-refractivity contribution in [1.82, 2.24) is 0 Å². The van der Waals surface area contributed by atoms with Crippen molar-refractivity contribution in [3.05, 3.63) is 64.5 Å². The Hall–Kier alpha value is -2.81. The number of ether oxygens (including phenoxy) is 1. The quantitative estimate of drug-likeness (QED) is 0.152. The Morgan fingerprint density at radius 1 is 0.865 bits per heavy atom. The number of hydrogen-bond donors (Lipinski definition) is 0. The monoisotopic (exact) mass is 513 g/mol. The molecule has 6 heteroatoms. The molecule has 200 valence electrons. The summed E-state index contributed by atoms with van der Waals surface area (Å²) in [5.74, 6) is -2.99. The first-order valence-electron chi connectivity index (χ1n) is 13.8. The molecule has 1 saturated carbocycles. The number of halogens is 3. The summed E-state index contributed by atoms with van der Waals surface area (Å²) in [6.07, 6.45) is 17.6. The number of esters is 1. The van der Waals surface area contributed by atoms with Crippen LogP contribution < -0.4 is 4.74 Å². The number of nitrogens with zero attached hydrogens (tertiary/aromatic N) is 1. The van der Waals surface area contributed by atoms with Crippen molar-refractivity contribution in [2.75, 3.05) is 0 Å². The Kier molecular flexibility index (Phi) is 11.5. The number of aryl methyl sites for hydroxylation is 1. The van der Waals surface area contributed by atoms with Crippen molar-refractivity contribution < 1.29 is 22.7 Å². The number of nitriles is 1. The molecule has 2 aromatic carbocycles. The molecule has 2 aromatic rings. The average Bonchev–Trinajstić information content (AvgIpc) is 2.87. The SMILES string of the molecule is CCCCCCCCC[C@H]1CC[C@H](CCc2ccc(C(=O)Oc3cc(F)c(C#N)c(F)c3)c(F)c2)CC1. The summed E-state index contributed by atoms with van der Waals surface area (Å²) in [5, 5.41) is 8.73. The first-order valence-corrected chi connectivity index (χ1v) is 13.8. The first kappa shape index (κ1) is 28.8. The van der Waals surface area contributed by atoms with Crippen molar-refractivity contribution in [3.8, 4) is 11.8 Å². The largest absolute Gasteiger partial charge is 0.423 e. The standard InChI is InChI=1S/C31H38F3NO2/c1-2-3-4-5-6-7-8-9-22-10-12-23(13-11-22)14-15-24-16-17-26(28(32)18-24)31(36)37-25-19-29(33)27(21-35)30(34)20-25/h16-20,22-23H,2-15H2,1H3/t22-,23-. The van der Waals surface area contributed by atoms with Crippen molar-refractivity contribution in [2.24, 2.45) is 11.8 Å². The normalized spacial score (nSPS) is 17.4. The van der Waals surface area contributed by atoms with Gasteiger partial charge in [0, 0.05) is 12.1 Å². The zero-order valence-corrected chi connectivity index (χ0v) is 21.8. The fraction of sp³-hybridized carbons (Fsp3) is 0.548. The van der Waals surface area contributed by atoms with E-state index in [4.69, 9.17) is 10.00 Å². The smallest absolute Gasteiger partial charge is 0.346 e. The van der Waals surface area contributed by atoms with Crippen molar-refractivity contribution in [3.63, 3.8) is 0 Å². The zero-order chi connectivity index (χ0) is 26.6. The molecule has 0 spiro atoms. The molecule has 0 bridgehead atoms. The summed E-state index contributed by atoms with van der Waals surface area (Å²) < 4.78 is 47.1. The van der Waals surface area contributed by atoms with Gasteiger partial charge in [-0.2, -0.15) is 5.26 Å². The molecule has 1 aliphatic carbocycles. The Labute approximate surface area is 219 Å². The van der Waals surface area contributed by atoms with Crippen LogP contribution in [0.15, 0.2) is 30.3 Å². The molecular formula is C31H38F3NO2. The highest BCUT2D eigenvalue weighted by atomic mass is 19.1. The van der Waals surface area contributed by atoms with Gasteiger partial charge >= 0.3 is 5.97 Å². The summed E-state index contributed by atoms with van der Waals surface area (Å²) in [5.41, 5.74) is -0.258. The number of carbonyl (C=O) groups excluding carboxylic acids is 1. The minimum absolute atomic E-state index is 0.306. The number of carbonyl (C=O) groups is 1. The first-order chi connectivity index (χ1) is 17.9. The molecule has 3 nitrogen and oxygen atoms in total. The van der Waals surface area contributed by atoms with Crippen molar-refractivity contribution in [1.29, 1.82) is 5.26 Å². The van der Waals surface area contributed by atoms with Crippen LogP contribution in [-0.2, 0) is 6.42 Å². The summed E-state index contributed by atoms with van der Waals surface area (Å²) in [7, 11) is 0. The maximum Gasteiger partial charge on any atom is 0.346 e. The van der Waals surface area contributed by atoms with Crippen LogP contribution in [0, 0.1) is 40.6 Å². The van der Waals surface area contributed by atoms with Crippen LogP contribution in [-0.4, -0.2) is 5.97 Å². The fourth-order valence-corrected chi connectivity index (χ4v) is 5.33. The lowest BCUT2D eigenvalue weighted by atomic mass is 9.77. The molecule has 1 aliphatic rings. The van der Waals surface area contributed by atoms with Gasteiger partial charge in [0.05, 0.1) is 5.56 Å². The third kappa shape index (κ3) is 8.91. The van der Waals surface area contributed by atoms with Crippen molar-refractivity contribution >= 4 is 5.97 Å². The molecule has 0 heterocycles. The molecule has 1 fully saturated rings. The highest BCUT2D eigenvalue weighted by molar-refractivity contribution is 5.91. The molecule has 0 unspecified atom stereocenters. The predicted octanol–water partition coefficient (Wildman–Crippen LogP) is 9.07. The van der Waals surface area contributed by atoms with Crippen LogP contribution >= 0.6 is 0 Å². The molecular weight excluding hydrogens is 475 g/mol. The van der Waals surface area contributed by atoms with Crippen LogP contribution in [0.2, 0.25) is 0 Å². The Bertz CT molecular complexity index is 1050. The second-order valence-corrected chi connectivity index (χ2v) is 10.4. The third-order valence-electron chi connectivity index (χ3n) is 7.61. The maximum atomic E-state index is 14.6. The number of rotatable bonds is 13. The second kappa shape index (κ2) is 14.8. The average molecular weight is 514 g/mol. The Balaban J connectivity index is 1.40. The van der Waals surface area contributed by atoms with E-state index in [0.29, 0.717) is 5.92 Å². The van der Waals surface area contributed by atoms with E-state index in [0.717, 1.165) is 36.5 Å². The second-order valence-electron chi connectivity index (χ2n) is 10.4. The third-order valence-corrected chi connectivity index (χ3v) is 7.61. The van der Waals surface area contributed by atoms with Gasteiger partial charge in [0.25, 0.3) is 0 Å². The molecule has 0 radical (unpaired) electrons. The molecule has 0 saturated heterocycles. The zero-order valence-electron chi connectivity index (χ0n) is 21.8. The maximum absolute atomic E-state index is 14.6. The van der Waals surface area contributed by atoms with E-state index >= 15 is 0 Å². The van der Waals surface area contributed by atoms with E-state index in [-0.39, 0.29) is 5.56 Å². The lowest BCUT2D eigenvalue weighted by Gasteiger charge is -2.28. The van der Waals surface area contributed by atoms with Gasteiger partial charge in [0.2, 0.25) is 0 Å². The van der Waals surface area contributed by atoms with Crippen LogP contribution in [0.1, 0.15) is 112 Å². The van der Waals surface area contributed by atoms with E-state index in [2.05, 4.69) is 6.92 Å². The van der Waals surface area contributed by atoms with Gasteiger partial charge in [-0.3, -0.25) is 0 Å². The van der Waals surface area contributed by atoms with E-state index in [1.807, 2.05) is 0 Å². The minimum Gasteiger partial charge on any atom is -0.423 e.